The number of aryl methyl sites for hydroxylation is 2. The maximum absolute atomic E-state index is 12.5. The van der Waals surface area contributed by atoms with Crippen molar-refractivity contribution in [1.29, 1.82) is 0 Å². The van der Waals surface area contributed by atoms with Crippen LogP contribution in [0.3, 0.4) is 0 Å². The summed E-state index contributed by atoms with van der Waals surface area (Å²) in [6, 6.07) is 7.45. The number of aromatic nitrogens is 4. The summed E-state index contributed by atoms with van der Waals surface area (Å²) in [5.74, 6) is 0.792. The van der Waals surface area contributed by atoms with Crippen molar-refractivity contribution in [2.75, 3.05) is 0 Å². The van der Waals surface area contributed by atoms with Gasteiger partial charge in [0, 0.05) is 49.4 Å². The molecule has 6 heteroatoms. The van der Waals surface area contributed by atoms with Crippen LogP contribution in [-0.2, 0) is 14.1 Å². The summed E-state index contributed by atoms with van der Waals surface area (Å²) in [4.78, 5) is 16.8. The first-order valence-electron chi connectivity index (χ1n) is 7.95. The zero-order valence-corrected chi connectivity index (χ0v) is 14.1. The Hall–Kier alpha value is -2.89. The second-order valence-corrected chi connectivity index (χ2v) is 5.82. The van der Waals surface area contributed by atoms with Gasteiger partial charge in [-0.05, 0) is 18.6 Å². The third kappa shape index (κ3) is 3.22. The number of carbonyl (C=O) groups is 1. The minimum absolute atomic E-state index is 0.0413. The Bertz CT molecular complexity index is 831. The minimum Gasteiger partial charge on any atom is -0.345 e. The Labute approximate surface area is 141 Å². The van der Waals surface area contributed by atoms with E-state index in [1.54, 1.807) is 17.1 Å². The number of imidazole rings is 1. The SMILES string of the molecule is CCC(NC(=O)c1ccc(-c2nccn2C)cc1)c1cnn(C)c1. The molecule has 0 aliphatic heterocycles. The lowest BCUT2D eigenvalue weighted by Crippen LogP contribution is -2.27. The fraction of sp³-hybridized carbons (Fsp3) is 0.278. The molecule has 0 aliphatic rings. The monoisotopic (exact) mass is 323 g/mol. The molecule has 0 bridgehead atoms. The normalized spacial score (nSPS) is 12.1. The van der Waals surface area contributed by atoms with Crippen LogP contribution in [0.1, 0.15) is 35.3 Å². The molecular formula is C18H21N5O. The third-order valence-electron chi connectivity index (χ3n) is 4.07. The van der Waals surface area contributed by atoms with Crippen molar-refractivity contribution in [2.45, 2.75) is 19.4 Å². The average molecular weight is 323 g/mol. The summed E-state index contributed by atoms with van der Waals surface area (Å²) in [7, 11) is 3.82. The zero-order chi connectivity index (χ0) is 17.1. The van der Waals surface area contributed by atoms with Crippen molar-refractivity contribution >= 4 is 5.91 Å². The maximum atomic E-state index is 12.5. The average Bonchev–Trinajstić information content (AvgIpc) is 3.21. The summed E-state index contributed by atoms with van der Waals surface area (Å²) in [5.41, 5.74) is 2.63. The predicted octanol–water partition coefficient (Wildman–Crippen LogP) is 2.70. The van der Waals surface area contributed by atoms with Crippen LogP contribution in [0.5, 0.6) is 0 Å². The van der Waals surface area contributed by atoms with Gasteiger partial charge in [-0.2, -0.15) is 5.10 Å². The summed E-state index contributed by atoms with van der Waals surface area (Å²) >= 11 is 0. The van der Waals surface area contributed by atoms with E-state index in [-0.39, 0.29) is 11.9 Å². The van der Waals surface area contributed by atoms with Crippen LogP contribution in [0.15, 0.2) is 49.1 Å². The number of nitrogens with one attached hydrogen (secondary N) is 1. The molecule has 6 nitrogen and oxygen atoms in total. The molecule has 2 heterocycles. The van der Waals surface area contributed by atoms with E-state index in [4.69, 9.17) is 0 Å². The molecule has 1 atom stereocenters. The highest BCUT2D eigenvalue weighted by molar-refractivity contribution is 5.94. The van der Waals surface area contributed by atoms with E-state index in [2.05, 4.69) is 15.4 Å². The number of nitrogens with zero attached hydrogens (tertiary/aromatic N) is 4. The number of amides is 1. The molecule has 0 saturated heterocycles. The van der Waals surface area contributed by atoms with Crippen LogP contribution in [0.2, 0.25) is 0 Å². The van der Waals surface area contributed by atoms with E-state index < -0.39 is 0 Å². The number of hydrogen-bond donors (Lipinski definition) is 1. The van der Waals surface area contributed by atoms with Gasteiger partial charge in [0.15, 0.2) is 0 Å². The van der Waals surface area contributed by atoms with Gasteiger partial charge in [-0.1, -0.05) is 19.1 Å². The van der Waals surface area contributed by atoms with E-state index >= 15 is 0 Å². The highest BCUT2D eigenvalue weighted by atomic mass is 16.1. The van der Waals surface area contributed by atoms with Gasteiger partial charge < -0.3 is 9.88 Å². The molecule has 3 rings (SSSR count). The molecule has 0 fully saturated rings. The second-order valence-electron chi connectivity index (χ2n) is 5.82. The third-order valence-corrected chi connectivity index (χ3v) is 4.07. The van der Waals surface area contributed by atoms with Crippen molar-refractivity contribution in [2.24, 2.45) is 14.1 Å². The highest BCUT2D eigenvalue weighted by Crippen LogP contribution is 2.19. The smallest absolute Gasteiger partial charge is 0.251 e. The summed E-state index contributed by atoms with van der Waals surface area (Å²) in [5, 5.41) is 7.24. The number of benzene rings is 1. The molecule has 0 aliphatic carbocycles. The lowest BCUT2D eigenvalue weighted by atomic mass is 10.1. The fourth-order valence-corrected chi connectivity index (χ4v) is 2.70. The van der Waals surface area contributed by atoms with Gasteiger partial charge in [0.1, 0.15) is 5.82 Å². The molecule has 1 aromatic carbocycles. The van der Waals surface area contributed by atoms with Crippen LogP contribution >= 0.6 is 0 Å². The largest absolute Gasteiger partial charge is 0.345 e. The lowest BCUT2D eigenvalue weighted by molar-refractivity contribution is 0.0935. The lowest BCUT2D eigenvalue weighted by Gasteiger charge is -2.15. The van der Waals surface area contributed by atoms with Gasteiger partial charge in [0.25, 0.3) is 5.91 Å². The van der Waals surface area contributed by atoms with Crippen LogP contribution in [0.4, 0.5) is 0 Å². The van der Waals surface area contributed by atoms with Crippen molar-refractivity contribution in [3.63, 3.8) is 0 Å². The topological polar surface area (TPSA) is 64.7 Å². The Morgan fingerprint density at radius 1 is 1.25 bits per heavy atom. The van der Waals surface area contributed by atoms with Crippen molar-refractivity contribution < 1.29 is 4.79 Å². The van der Waals surface area contributed by atoms with E-state index in [0.717, 1.165) is 23.4 Å². The molecule has 2 aromatic heterocycles. The van der Waals surface area contributed by atoms with Crippen molar-refractivity contribution in [3.05, 3.63) is 60.2 Å². The van der Waals surface area contributed by atoms with Gasteiger partial charge in [0.05, 0.1) is 12.2 Å². The molecule has 1 N–H and O–H groups in total. The minimum atomic E-state index is -0.0860. The van der Waals surface area contributed by atoms with Crippen LogP contribution in [0, 0.1) is 0 Å². The Morgan fingerprint density at radius 3 is 2.54 bits per heavy atom. The molecule has 124 valence electrons. The quantitative estimate of drug-likeness (QED) is 0.785. The number of carbonyl (C=O) groups excluding carboxylic acids is 1. The van der Waals surface area contributed by atoms with Crippen molar-refractivity contribution in [1.82, 2.24) is 24.6 Å². The fourth-order valence-electron chi connectivity index (χ4n) is 2.70. The van der Waals surface area contributed by atoms with Crippen molar-refractivity contribution in [3.8, 4) is 11.4 Å². The van der Waals surface area contributed by atoms with E-state index in [9.17, 15) is 4.79 Å². The van der Waals surface area contributed by atoms with Crippen LogP contribution in [-0.4, -0.2) is 25.2 Å². The maximum Gasteiger partial charge on any atom is 0.251 e. The molecule has 0 spiro atoms. The summed E-state index contributed by atoms with van der Waals surface area (Å²) in [6.07, 6.45) is 8.19. The Kier molecular flexibility index (Phi) is 4.46. The first-order valence-corrected chi connectivity index (χ1v) is 7.95. The van der Waals surface area contributed by atoms with Gasteiger partial charge in [-0.15, -0.1) is 0 Å². The van der Waals surface area contributed by atoms with Gasteiger partial charge in [0.2, 0.25) is 0 Å². The van der Waals surface area contributed by atoms with E-state index in [1.807, 2.05) is 62.2 Å². The summed E-state index contributed by atoms with van der Waals surface area (Å²) in [6.45, 7) is 2.04. The standard InChI is InChI=1S/C18H21N5O/c1-4-16(15-11-20-23(3)12-15)21-18(24)14-7-5-13(6-8-14)17-19-9-10-22(17)2/h5-12,16H,4H2,1-3H3,(H,21,24). The molecular weight excluding hydrogens is 302 g/mol. The Balaban J connectivity index is 1.74. The molecule has 1 amide bonds. The second kappa shape index (κ2) is 6.70. The van der Waals surface area contributed by atoms with Crippen LogP contribution < -0.4 is 5.32 Å². The van der Waals surface area contributed by atoms with Crippen LogP contribution in [0.25, 0.3) is 11.4 Å². The Morgan fingerprint density at radius 2 is 2.00 bits per heavy atom. The van der Waals surface area contributed by atoms with Gasteiger partial charge >= 0.3 is 0 Å². The van der Waals surface area contributed by atoms with E-state index in [0.29, 0.717) is 5.56 Å². The highest BCUT2D eigenvalue weighted by Gasteiger charge is 2.15. The molecule has 24 heavy (non-hydrogen) atoms. The number of rotatable bonds is 5. The molecule has 0 radical (unpaired) electrons. The van der Waals surface area contributed by atoms with E-state index in [1.165, 1.54) is 0 Å². The first-order chi connectivity index (χ1) is 11.6. The predicted molar refractivity (Wildman–Crippen MR) is 92.4 cm³/mol. The molecule has 1 unspecified atom stereocenters. The summed E-state index contributed by atoms with van der Waals surface area (Å²) < 4.78 is 3.69. The number of hydrogen-bond acceptors (Lipinski definition) is 3. The molecule has 3 aromatic rings. The van der Waals surface area contributed by atoms with Gasteiger partial charge in [-0.25, -0.2) is 4.98 Å². The first kappa shape index (κ1) is 16.0. The van der Waals surface area contributed by atoms with Gasteiger partial charge in [-0.3, -0.25) is 9.48 Å². The molecule has 0 saturated carbocycles. The zero-order valence-electron chi connectivity index (χ0n) is 14.1.